The summed E-state index contributed by atoms with van der Waals surface area (Å²) in [5.41, 5.74) is 0. The molecule has 0 aromatic heterocycles. The molecule has 0 amide bonds. The average Bonchev–Trinajstić information content (AvgIpc) is 2.78. The Labute approximate surface area is 198 Å². The molecule has 0 atom stereocenters. The molecule has 0 aliphatic rings. The quantitative estimate of drug-likeness (QED) is 0.110. The van der Waals surface area contributed by atoms with Gasteiger partial charge in [0.2, 0.25) is 0 Å². The van der Waals surface area contributed by atoms with Crippen molar-refractivity contribution in [1.29, 1.82) is 0 Å². The first-order valence-electron chi connectivity index (χ1n) is 15.0. The van der Waals surface area contributed by atoms with Gasteiger partial charge in [-0.05, 0) is 12.8 Å². The van der Waals surface area contributed by atoms with Gasteiger partial charge in [0.25, 0.3) is 0 Å². The molecule has 0 rings (SSSR count). The number of hydrogen-bond donors (Lipinski definition) is 0. The van der Waals surface area contributed by atoms with Crippen LogP contribution in [0, 0.1) is 0 Å². The molecule has 0 spiro atoms. The standard InChI is InChI=1S/C30H62O/c1-3-5-7-9-11-13-15-16-17-18-19-20-22-24-26-28-30-31-29-27-25-23-21-14-12-10-8-6-4-2/h3-30H2,1-2H3. The number of unbranched alkanes of at least 4 members (excludes halogenated alkanes) is 24. The lowest BCUT2D eigenvalue weighted by Gasteiger charge is -2.05. The Morgan fingerprint density at radius 3 is 0.677 bits per heavy atom. The zero-order valence-electron chi connectivity index (χ0n) is 22.2. The third kappa shape index (κ3) is 30.0. The van der Waals surface area contributed by atoms with E-state index >= 15 is 0 Å². The van der Waals surface area contributed by atoms with Crippen molar-refractivity contribution < 1.29 is 4.74 Å². The van der Waals surface area contributed by atoms with Crippen LogP contribution in [0.3, 0.4) is 0 Å². The van der Waals surface area contributed by atoms with Gasteiger partial charge in [-0.3, -0.25) is 0 Å². The van der Waals surface area contributed by atoms with E-state index in [1.54, 1.807) is 0 Å². The maximum atomic E-state index is 5.82. The lowest BCUT2D eigenvalue weighted by Crippen LogP contribution is -1.97. The highest BCUT2D eigenvalue weighted by molar-refractivity contribution is 4.50. The molecular weight excluding hydrogens is 376 g/mol. The second kappa shape index (κ2) is 30.0. The van der Waals surface area contributed by atoms with Crippen LogP contribution in [0.4, 0.5) is 0 Å². The molecule has 0 fully saturated rings. The Morgan fingerprint density at radius 1 is 0.258 bits per heavy atom. The molecule has 0 radical (unpaired) electrons. The van der Waals surface area contributed by atoms with Crippen molar-refractivity contribution >= 4 is 0 Å². The summed E-state index contributed by atoms with van der Waals surface area (Å²) in [5.74, 6) is 0. The SMILES string of the molecule is CCCCCCCCCCCCCCCCCCOCCCCCCCCCCCC. The third-order valence-electron chi connectivity index (χ3n) is 6.78. The molecule has 0 saturated heterocycles. The van der Waals surface area contributed by atoms with Gasteiger partial charge in [0.05, 0.1) is 0 Å². The van der Waals surface area contributed by atoms with Gasteiger partial charge >= 0.3 is 0 Å². The topological polar surface area (TPSA) is 9.23 Å². The fourth-order valence-corrected chi connectivity index (χ4v) is 4.55. The zero-order valence-corrected chi connectivity index (χ0v) is 22.2. The Balaban J connectivity index is 2.98. The van der Waals surface area contributed by atoms with Crippen molar-refractivity contribution in [2.24, 2.45) is 0 Å². The van der Waals surface area contributed by atoms with Crippen molar-refractivity contribution in [3.8, 4) is 0 Å². The first kappa shape index (κ1) is 31.0. The van der Waals surface area contributed by atoms with E-state index in [-0.39, 0.29) is 0 Å². The minimum atomic E-state index is 0.995. The minimum absolute atomic E-state index is 0.995. The van der Waals surface area contributed by atoms with Gasteiger partial charge < -0.3 is 4.74 Å². The maximum Gasteiger partial charge on any atom is 0.0466 e. The number of ether oxygens (including phenoxy) is 1. The summed E-state index contributed by atoms with van der Waals surface area (Å²) in [4.78, 5) is 0. The summed E-state index contributed by atoms with van der Waals surface area (Å²) in [6, 6.07) is 0. The molecular formula is C30H62O. The van der Waals surface area contributed by atoms with E-state index in [1.807, 2.05) is 0 Å². The van der Waals surface area contributed by atoms with Crippen LogP contribution in [0.2, 0.25) is 0 Å². The normalized spacial score (nSPS) is 11.4. The van der Waals surface area contributed by atoms with Crippen molar-refractivity contribution in [2.45, 2.75) is 181 Å². The van der Waals surface area contributed by atoms with Crippen LogP contribution in [0.15, 0.2) is 0 Å². The maximum absolute atomic E-state index is 5.82. The fraction of sp³-hybridized carbons (Fsp3) is 1.00. The minimum Gasteiger partial charge on any atom is -0.381 e. The summed E-state index contributed by atoms with van der Waals surface area (Å²) in [6.45, 7) is 6.59. The molecule has 0 aromatic rings. The molecule has 0 aliphatic carbocycles. The lowest BCUT2D eigenvalue weighted by atomic mass is 10.0. The lowest BCUT2D eigenvalue weighted by molar-refractivity contribution is 0.125. The predicted octanol–water partition coefficient (Wildman–Crippen LogP) is 11.2. The van der Waals surface area contributed by atoms with E-state index in [9.17, 15) is 0 Å². The van der Waals surface area contributed by atoms with E-state index in [2.05, 4.69) is 13.8 Å². The largest absolute Gasteiger partial charge is 0.381 e. The van der Waals surface area contributed by atoms with Gasteiger partial charge in [0, 0.05) is 13.2 Å². The highest BCUT2D eigenvalue weighted by atomic mass is 16.5. The highest BCUT2D eigenvalue weighted by Gasteiger charge is 1.96. The van der Waals surface area contributed by atoms with Gasteiger partial charge in [-0.1, -0.05) is 168 Å². The third-order valence-corrected chi connectivity index (χ3v) is 6.78. The summed E-state index contributed by atoms with van der Waals surface area (Å²) >= 11 is 0. The van der Waals surface area contributed by atoms with Crippen LogP contribution in [0.1, 0.15) is 181 Å². The monoisotopic (exact) mass is 438 g/mol. The van der Waals surface area contributed by atoms with E-state index < -0.39 is 0 Å². The summed E-state index contributed by atoms with van der Waals surface area (Å²) in [5, 5.41) is 0. The van der Waals surface area contributed by atoms with Crippen LogP contribution < -0.4 is 0 Å². The van der Waals surface area contributed by atoms with Crippen LogP contribution >= 0.6 is 0 Å². The second-order valence-electron chi connectivity index (χ2n) is 10.1. The van der Waals surface area contributed by atoms with Gasteiger partial charge in [-0.25, -0.2) is 0 Å². The first-order chi connectivity index (χ1) is 15.4. The van der Waals surface area contributed by atoms with Gasteiger partial charge in [0.15, 0.2) is 0 Å². The molecule has 0 unspecified atom stereocenters. The molecule has 0 aromatic carbocycles. The Morgan fingerprint density at radius 2 is 0.452 bits per heavy atom. The van der Waals surface area contributed by atoms with Crippen molar-refractivity contribution in [1.82, 2.24) is 0 Å². The molecule has 0 N–H and O–H groups in total. The fourth-order valence-electron chi connectivity index (χ4n) is 4.55. The molecule has 31 heavy (non-hydrogen) atoms. The molecule has 1 heteroatoms. The molecule has 1 nitrogen and oxygen atoms in total. The summed E-state index contributed by atoms with van der Waals surface area (Å²) in [7, 11) is 0. The van der Waals surface area contributed by atoms with E-state index in [4.69, 9.17) is 4.74 Å². The van der Waals surface area contributed by atoms with Crippen LogP contribution in [0.25, 0.3) is 0 Å². The van der Waals surface area contributed by atoms with Gasteiger partial charge in [0.1, 0.15) is 0 Å². The second-order valence-corrected chi connectivity index (χ2v) is 10.1. The summed E-state index contributed by atoms with van der Waals surface area (Å²) in [6.07, 6.45) is 37.1. The van der Waals surface area contributed by atoms with E-state index in [0.29, 0.717) is 0 Å². The predicted molar refractivity (Wildman–Crippen MR) is 142 cm³/mol. The van der Waals surface area contributed by atoms with Crippen molar-refractivity contribution in [3.63, 3.8) is 0 Å². The highest BCUT2D eigenvalue weighted by Crippen LogP contribution is 2.14. The molecule has 0 heterocycles. The van der Waals surface area contributed by atoms with Crippen molar-refractivity contribution in [3.05, 3.63) is 0 Å². The molecule has 0 aliphatic heterocycles. The van der Waals surface area contributed by atoms with Crippen LogP contribution in [0.5, 0.6) is 0 Å². The Hall–Kier alpha value is -0.0400. The average molecular weight is 439 g/mol. The molecule has 0 bridgehead atoms. The van der Waals surface area contributed by atoms with Crippen molar-refractivity contribution in [2.75, 3.05) is 13.2 Å². The van der Waals surface area contributed by atoms with Gasteiger partial charge in [-0.15, -0.1) is 0 Å². The van der Waals surface area contributed by atoms with Gasteiger partial charge in [-0.2, -0.15) is 0 Å². The number of rotatable bonds is 28. The smallest absolute Gasteiger partial charge is 0.0466 e. The van der Waals surface area contributed by atoms with E-state index in [1.165, 1.54) is 167 Å². The van der Waals surface area contributed by atoms with Crippen LogP contribution in [-0.2, 0) is 4.74 Å². The Bertz CT molecular complexity index is 260. The first-order valence-corrected chi connectivity index (χ1v) is 15.0. The molecule has 188 valence electrons. The Kier molecular flexibility index (Phi) is 29.9. The molecule has 0 saturated carbocycles. The van der Waals surface area contributed by atoms with E-state index in [0.717, 1.165) is 13.2 Å². The van der Waals surface area contributed by atoms with Crippen LogP contribution in [-0.4, -0.2) is 13.2 Å². The summed E-state index contributed by atoms with van der Waals surface area (Å²) < 4.78 is 5.82. The number of hydrogen-bond acceptors (Lipinski definition) is 1. The zero-order chi connectivity index (χ0) is 22.5.